The third kappa shape index (κ3) is 3.34. The molecule has 0 saturated carbocycles. The van der Waals surface area contributed by atoms with E-state index in [1.807, 2.05) is 0 Å². The van der Waals surface area contributed by atoms with Gasteiger partial charge in [0, 0.05) is 19.1 Å². The molecule has 0 amide bonds. The quantitative estimate of drug-likeness (QED) is 0.857. The van der Waals surface area contributed by atoms with Crippen LogP contribution in [0.4, 0.5) is 0 Å². The summed E-state index contributed by atoms with van der Waals surface area (Å²) in [5.41, 5.74) is 5.69. The maximum atomic E-state index is 12.8. The number of piperidine rings is 1. The van der Waals surface area contributed by atoms with Crippen LogP contribution in [0, 0.1) is 0 Å². The van der Waals surface area contributed by atoms with Crippen molar-refractivity contribution < 1.29 is 16.8 Å². The van der Waals surface area contributed by atoms with Crippen molar-refractivity contribution in [3.8, 4) is 0 Å². The van der Waals surface area contributed by atoms with E-state index in [9.17, 15) is 16.8 Å². The van der Waals surface area contributed by atoms with Gasteiger partial charge < -0.3 is 5.73 Å². The van der Waals surface area contributed by atoms with Crippen LogP contribution in [0.3, 0.4) is 0 Å². The van der Waals surface area contributed by atoms with Crippen LogP contribution in [0.2, 0.25) is 0 Å². The summed E-state index contributed by atoms with van der Waals surface area (Å²) in [4.78, 5) is 0.0553. The lowest BCUT2D eigenvalue weighted by molar-refractivity contribution is 0.257. The van der Waals surface area contributed by atoms with Crippen LogP contribution in [0.1, 0.15) is 26.2 Å². The third-order valence-corrected chi connectivity index (χ3v) is 7.68. The number of sulfone groups is 1. The fraction of sp³-hybridized carbons (Fsp3) is 0.571. The van der Waals surface area contributed by atoms with Gasteiger partial charge in [0.1, 0.15) is 0 Å². The second-order valence-corrected chi connectivity index (χ2v) is 9.55. The van der Waals surface area contributed by atoms with Gasteiger partial charge in [-0.1, -0.05) is 19.4 Å². The van der Waals surface area contributed by atoms with Crippen LogP contribution >= 0.6 is 0 Å². The Kier molecular flexibility index (Phi) is 5.26. The fourth-order valence-corrected chi connectivity index (χ4v) is 5.41. The minimum atomic E-state index is -3.73. The summed E-state index contributed by atoms with van der Waals surface area (Å²) in [6.07, 6.45) is 2.49. The molecule has 1 fully saturated rings. The number of hydrogen-bond donors (Lipinski definition) is 1. The second-order valence-electron chi connectivity index (χ2n) is 5.38. The van der Waals surface area contributed by atoms with E-state index in [0.29, 0.717) is 6.54 Å². The molecule has 1 atom stereocenters. The molecule has 2 N–H and O–H groups in total. The molecule has 0 aliphatic carbocycles. The van der Waals surface area contributed by atoms with Crippen LogP contribution < -0.4 is 5.73 Å². The molecule has 1 aliphatic rings. The van der Waals surface area contributed by atoms with Crippen LogP contribution in [-0.2, 0) is 19.9 Å². The maximum Gasteiger partial charge on any atom is 0.243 e. The first-order valence-electron chi connectivity index (χ1n) is 7.37. The topological polar surface area (TPSA) is 97.5 Å². The number of sulfonamides is 1. The highest BCUT2D eigenvalue weighted by molar-refractivity contribution is 7.91. The molecule has 2 rings (SSSR count). The summed E-state index contributed by atoms with van der Waals surface area (Å²) < 4.78 is 50.9. The average Bonchev–Trinajstić information content (AvgIpc) is 2.54. The first kappa shape index (κ1) is 17.4. The first-order chi connectivity index (χ1) is 10.3. The Labute approximate surface area is 132 Å². The van der Waals surface area contributed by atoms with Crippen LogP contribution in [-0.4, -0.2) is 46.0 Å². The molecule has 8 heteroatoms. The minimum Gasteiger partial charge on any atom is -0.329 e. The molecule has 1 heterocycles. The van der Waals surface area contributed by atoms with E-state index < -0.39 is 19.9 Å². The molecule has 0 spiro atoms. The highest BCUT2D eigenvalue weighted by Crippen LogP contribution is 2.26. The van der Waals surface area contributed by atoms with E-state index >= 15 is 0 Å². The van der Waals surface area contributed by atoms with Crippen LogP contribution in [0.5, 0.6) is 0 Å². The van der Waals surface area contributed by atoms with Crippen molar-refractivity contribution in [1.82, 2.24) is 4.31 Å². The summed E-state index contributed by atoms with van der Waals surface area (Å²) in [5, 5.41) is 0. The number of benzene rings is 1. The van der Waals surface area contributed by atoms with Gasteiger partial charge in [-0.15, -0.1) is 0 Å². The van der Waals surface area contributed by atoms with E-state index in [4.69, 9.17) is 5.73 Å². The van der Waals surface area contributed by atoms with Crippen LogP contribution in [0.25, 0.3) is 0 Å². The van der Waals surface area contributed by atoms with Gasteiger partial charge in [-0.25, -0.2) is 16.8 Å². The first-order valence-corrected chi connectivity index (χ1v) is 10.5. The van der Waals surface area contributed by atoms with Gasteiger partial charge >= 0.3 is 0 Å². The predicted octanol–water partition coefficient (Wildman–Crippen LogP) is 0.982. The molecule has 1 aromatic rings. The largest absolute Gasteiger partial charge is 0.329 e. The van der Waals surface area contributed by atoms with E-state index in [1.54, 1.807) is 0 Å². The third-order valence-electron chi connectivity index (χ3n) is 4.00. The molecule has 22 heavy (non-hydrogen) atoms. The molecule has 1 unspecified atom stereocenters. The highest BCUT2D eigenvalue weighted by Gasteiger charge is 2.33. The minimum absolute atomic E-state index is 0.0161. The van der Waals surface area contributed by atoms with Gasteiger partial charge in [-0.2, -0.15) is 4.31 Å². The van der Waals surface area contributed by atoms with Gasteiger partial charge in [-0.3, -0.25) is 0 Å². The average molecular weight is 346 g/mol. The van der Waals surface area contributed by atoms with E-state index in [0.717, 1.165) is 19.3 Å². The zero-order valence-corrected chi connectivity index (χ0v) is 14.2. The van der Waals surface area contributed by atoms with Crippen molar-refractivity contribution in [3.05, 3.63) is 24.3 Å². The molecule has 1 aromatic carbocycles. The standard InChI is InChI=1S/C14H22N2O4S2/c1-2-21(17,18)13-7-5-8-14(10-13)22(19,20)16-9-4-3-6-12(16)11-15/h5,7-8,10,12H,2-4,6,9,11,15H2,1H3. The van der Waals surface area contributed by atoms with Gasteiger partial charge in [0.15, 0.2) is 9.84 Å². The monoisotopic (exact) mass is 346 g/mol. The number of hydrogen-bond acceptors (Lipinski definition) is 5. The summed E-state index contributed by atoms with van der Waals surface area (Å²) >= 11 is 0. The Balaban J connectivity index is 2.44. The summed E-state index contributed by atoms with van der Waals surface area (Å²) in [6.45, 7) is 2.23. The van der Waals surface area contributed by atoms with E-state index in [1.165, 1.54) is 35.5 Å². The van der Waals surface area contributed by atoms with Crippen molar-refractivity contribution in [1.29, 1.82) is 0 Å². The SMILES string of the molecule is CCS(=O)(=O)c1cccc(S(=O)(=O)N2CCCCC2CN)c1. The molecule has 6 nitrogen and oxygen atoms in total. The molecule has 1 aliphatic heterocycles. The van der Waals surface area contributed by atoms with Gasteiger partial charge in [-0.05, 0) is 31.0 Å². The van der Waals surface area contributed by atoms with Crippen molar-refractivity contribution in [2.24, 2.45) is 5.73 Å². The van der Waals surface area contributed by atoms with Crippen molar-refractivity contribution in [2.45, 2.75) is 42.0 Å². The molecule has 1 saturated heterocycles. The van der Waals surface area contributed by atoms with Crippen molar-refractivity contribution >= 4 is 19.9 Å². The molecular formula is C14H22N2O4S2. The Morgan fingerprint density at radius 1 is 1.18 bits per heavy atom. The Bertz CT molecular complexity index is 729. The zero-order chi connectivity index (χ0) is 16.4. The number of nitrogens with zero attached hydrogens (tertiary/aromatic N) is 1. The molecule has 0 radical (unpaired) electrons. The van der Waals surface area contributed by atoms with Crippen LogP contribution in [0.15, 0.2) is 34.1 Å². The number of rotatable bonds is 5. The summed E-state index contributed by atoms with van der Waals surface area (Å²) in [7, 11) is -7.16. The zero-order valence-electron chi connectivity index (χ0n) is 12.6. The maximum absolute atomic E-state index is 12.8. The summed E-state index contributed by atoms with van der Waals surface area (Å²) in [5.74, 6) is -0.0638. The van der Waals surface area contributed by atoms with Crippen molar-refractivity contribution in [3.63, 3.8) is 0 Å². The lowest BCUT2D eigenvalue weighted by atomic mass is 10.1. The molecular weight excluding hydrogens is 324 g/mol. The highest BCUT2D eigenvalue weighted by atomic mass is 32.2. The summed E-state index contributed by atoms with van der Waals surface area (Å²) in [6, 6.07) is 5.36. The molecule has 0 aromatic heterocycles. The Morgan fingerprint density at radius 2 is 1.86 bits per heavy atom. The lowest BCUT2D eigenvalue weighted by Gasteiger charge is -2.33. The van der Waals surface area contributed by atoms with Gasteiger partial charge in [0.25, 0.3) is 0 Å². The fourth-order valence-electron chi connectivity index (χ4n) is 2.66. The number of nitrogens with two attached hydrogens (primary N) is 1. The predicted molar refractivity (Wildman–Crippen MR) is 84.8 cm³/mol. The Hall–Kier alpha value is -0.960. The van der Waals surface area contributed by atoms with Gasteiger partial charge in [0.2, 0.25) is 10.0 Å². The van der Waals surface area contributed by atoms with E-state index in [2.05, 4.69) is 0 Å². The molecule has 124 valence electrons. The van der Waals surface area contributed by atoms with Gasteiger partial charge in [0.05, 0.1) is 15.5 Å². The molecule has 0 bridgehead atoms. The smallest absolute Gasteiger partial charge is 0.243 e. The second kappa shape index (κ2) is 6.66. The Morgan fingerprint density at radius 3 is 2.50 bits per heavy atom. The van der Waals surface area contributed by atoms with E-state index in [-0.39, 0.29) is 28.1 Å². The normalized spacial score (nSPS) is 20.9. The lowest BCUT2D eigenvalue weighted by Crippen LogP contribution is -2.47. The van der Waals surface area contributed by atoms with Crippen molar-refractivity contribution in [2.75, 3.05) is 18.8 Å².